The third-order valence-corrected chi connectivity index (χ3v) is 8.53. The molecular weight excluding hydrogens is 514 g/mol. The Balaban J connectivity index is 1.39. The number of ether oxygens (including phenoxy) is 1. The maximum Gasteiger partial charge on any atom is 0.262 e. The highest BCUT2D eigenvalue weighted by Gasteiger charge is 2.28. The number of benzene rings is 3. The zero-order chi connectivity index (χ0) is 25.2. The number of primary sulfonamides is 1. The van der Waals surface area contributed by atoms with Crippen molar-refractivity contribution in [2.75, 3.05) is 18.5 Å². The van der Waals surface area contributed by atoms with Gasteiger partial charge in [0.15, 0.2) is 6.61 Å². The molecule has 184 valence electrons. The number of sulfonamides is 2. The molecule has 0 fully saturated rings. The first-order valence-corrected chi connectivity index (χ1v) is 13.8. The lowest BCUT2D eigenvalue weighted by Crippen LogP contribution is -2.35. The van der Waals surface area contributed by atoms with Gasteiger partial charge in [0, 0.05) is 18.8 Å². The molecule has 4 rings (SSSR count). The van der Waals surface area contributed by atoms with Crippen LogP contribution in [0.1, 0.15) is 11.1 Å². The molecule has 1 aliphatic rings. The fraction of sp³-hybridized carbons (Fsp3) is 0.174. The first-order chi connectivity index (χ1) is 16.5. The van der Waals surface area contributed by atoms with Crippen LogP contribution >= 0.6 is 11.6 Å². The van der Waals surface area contributed by atoms with Crippen LogP contribution in [-0.4, -0.2) is 40.2 Å². The van der Waals surface area contributed by atoms with Crippen LogP contribution in [0.2, 0.25) is 5.02 Å². The third kappa shape index (κ3) is 5.82. The lowest BCUT2D eigenvalue weighted by atomic mass is 10.0. The molecule has 3 aromatic carbocycles. The van der Waals surface area contributed by atoms with Crippen LogP contribution in [0.15, 0.2) is 76.5 Å². The summed E-state index contributed by atoms with van der Waals surface area (Å²) in [5, 5.41) is 7.65. The zero-order valence-corrected chi connectivity index (χ0v) is 20.7. The number of nitrogens with one attached hydrogen (secondary N) is 1. The van der Waals surface area contributed by atoms with E-state index >= 15 is 0 Å². The van der Waals surface area contributed by atoms with E-state index in [4.69, 9.17) is 21.5 Å². The molecule has 0 saturated carbocycles. The van der Waals surface area contributed by atoms with E-state index in [1.807, 2.05) is 24.3 Å². The number of amides is 1. The normalized spacial score (nSPS) is 14.2. The van der Waals surface area contributed by atoms with Gasteiger partial charge in [0.25, 0.3) is 5.91 Å². The Bertz CT molecular complexity index is 1480. The Morgan fingerprint density at radius 3 is 2.29 bits per heavy atom. The van der Waals surface area contributed by atoms with Crippen LogP contribution in [0.4, 0.5) is 5.69 Å². The smallest absolute Gasteiger partial charge is 0.262 e. The second-order valence-corrected chi connectivity index (χ2v) is 11.8. The van der Waals surface area contributed by atoms with Gasteiger partial charge in [0.05, 0.1) is 14.8 Å². The highest BCUT2D eigenvalue weighted by atomic mass is 35.5. The number of halogens is 1. The highest BCUT2D eigenvalue weighted by Crippen LogP contribution is 2.31. The van der Waals surface area contributed by atoms with E-state index in [2.05, 4.69) is 5.32 Å². The van der Waals surface area contributed by atoms with Crippen molar-refractivity contribution >= 4 is 43.2 Å². The van der Waals surface area contributed by atoms with Crippen LogP contribution in [0.25, 0.3) is 0 Å². The molecule has 12 heteroatoms. The van der Waals surface area contributed by atoms with Crippen molar-refractivity contribution in [3.05, 3.63) is 82.9 Å². The molecule has 1 aliphatic heterocycles. The van der Waals surface area contributed by atoms with Crippen LogP contribution in [0.3, 0.4) is 0 Å². The Kier molecular flexibility index (Phi) is 7.15. The Morgan fingerprint density at radius 1 is 0.971 bits per heavy atom. The molecule has 0 bridgehead atoms. The molecule has 0 spiro atoms. The summed E-state index contributed by atoms with van der Waals surface area (Å²) in [6.07, 6.45) is 0.629. The van der Waals surface area contributed by atoms with Gasteiger partial charge in [0.2, 0.25) is 20.0 Å². The summed E-state index contributed by atoms with van der Waals surface area (Å²) >= 11 is 6.25. The largest absolute Gasteiger partial charge is 0.482 e. The van der Waals surface area contributed by atoms with Crippen molar-refractivity contribution in [3.8, 4) is 5.75 Å². The molecule has 0 saturated heterocycles. The number of carbonyl (C=O) groups excluding carboxylic acids is 1. The summed E-state index contributed by atoms with van der Waals surface area (Å²) in [4.78, 5) is 12.1. The zero-order valence-electron chi connectivity index (χ0n) is 18.3. The van der Waals surface area contributed by atoms with Gasteiger partial charge in [-0.05, 0) is 60.0 Å². The van der Waals surface area contributed by atoms with E-state index in [-0.39, 0.29) is 27.1 Å². The van der Waals surface area contributed by atoms with Gasteiger partial charge < -0.3 is 10.1 Å². The predicted molar refractivity (Wildman–Crippen MR) is 131 cm³/mol. The third-order valence-electron chi connectivity index (χ3n) is 5.46. The molecule has 0 unspecified atom stereocenters. The molecule has 3 N–H and O–H groups in total. The molecule has 1 amide bonds. The lowest BCUT2D eigenvalue weighted by Gasteiger charge is -2.28. The summed E-state index contributed by atoms with van der Waals surface area (Å²) in [5.41, 5.74) is 2.46. The van der Waals surface area contributed by atoms with Crippen molar-refractivity contribution in [2.24, 2.45) is 5.14 Å². The number of rotatable bonds is 7. The van der Waals surface area contributed by atoms with Crippen LogP contribution in [0.5, 0.6) is 5.75 Å². The fourth-order valence-corrected chi connectivity index (χ4v) is 5.91. The number of nitrogens with zero attached hydrogens (tertiary/aromatic N) is 1. The van der Waals surface area contributed by atoms with E-state index in [1.54, 1.807) is 0 Å². The second kappa shape index (κ2) is 9.96. The minimum atomic E-state index is -3.83. The van der Waals surface area contributed by atoms with Gasteiger partial charge in [-0.1, -0.05) is 35.9 Å². The summed E-state index contributed by atoms with van der Waals surface area (Å²) in [6.45, 7) is 0.256. The van der Waals surface area contributed by atoms with Crippen molar-refractivity contribution in [2.45, 2.75) is 22.8 Å². The summed E-state index contributed by atoms with van der Waals surface area (Å²) in [7, 11) is -7.60. The van der Waals surface area contributed by atoms with E-state index in [0.717, 1.165) is 11.1 Å². The quantitative estimate of drug-likeness (QED) is 0.477. The SMILES string of the molecule is NS(=O)(=O)c1ccc(NC(=O)COc2ccc(S(=O)(=O)N3CCc4ccccc4C3)cc2Cl)cc1. The number of anilines is 1. The molecule has 0 radical (unpaired) electrons. The van der Waals surface area contributed by atoms with Crippen molar-refractivity contribution in [3.63, 3.8) is 0 Å². The summed E-state index contributed by atoms with van der Waals surface area (Å²) in [5.74, 6) is -0.373. The highest BCUT2D eigenvalue weighted by molar-refractivity contribution is 7.89. The van der Waals surface area contributed by atoms with Gasteiger partial charge in [-0.2, -0.15) is 4.31 Å². The summed E-state index contributed by atoms with van der Waals surface area (Å²) in [6, 6.07) is 17.1. The first kappa shape index (κ1) is 25.1. The number of hydrogen-bond donors (Lipinski definition) is 2. The maximum absolute atomic E-state index is 13.1. The van der Waals surface area contributed by atoms with Gasteiger partial charge >= 0.3 is 0 Å². The molecule has 3 aromatic rings. The predicted octanol–water partition coefficient (Wildman–Crippen LogP) is 2.75. The molecule has 0 atom stereocenters. The Morgan fingerprint density at radius 2 is 1.63 bits per heavy atom. The molecule has 1 heterocycles. The minimum absolute atomic E-state index is 0.0358. The standard InChI is InChI=1S/C23H22ClN3O6S2/c24-21-13-20(35(31,32)27-12-11-16-3-1-2-4-17(16)14-27)9-10-22(21)33-15-23(28)26-18-5-7-19(8-6-18)34(25,29)30/h1-10,13H,11-12,14-15H2,(H,26,28)(H2,25,29,30). The van der Waals surface area contributed by atoms with Crippen molar-refractivity contribution in [1.82, 2.24) is 4.31 Å². The van der Waals surface area contributed by atoms with E-state index in [9.17, 15) is 21.6 Å². The number of fused-ring (bicyclic) bond motifs is 1. The summed E-state index contributed by atoms with van der Waals surface area (Å²) < 4.78 is 55.7. The second-order valence-electron chi connectivity index (χ2n) is 7.86. The van der Waals surface area contributed by atoms with Gasteiger partial charge in [-0.25, -0.2) is 22.0 Å². The molecule has 35 heavy (non-hydrogen) atoms. The molecule has 9 nitrogen and oxygen atoms in total. The Labute approximate surface area is 208 Å². The van der Waals surface area contributed by atoms with Crippen LogP contribution in [-0.2, 0) is 37.8 Å². The van der Waals surface area contributed by atoms with Gasteiger partial charge in [0.1, 0.15) is 5.75 Å². The van der Waals surface area contributed by atoms with E-state index < -0.39 is 32.6 Å². The van der Waals surface area contributed by atoms with Crippen LogP contribution < -0.4 is 15.2 Å². The minimum Gasteiger partial charge on any atom is -0.482 e. The Hall–Kier alpha value is -2.96. The number of carbonyl (C=O) groups is 1. The molecule has 0 aliphatic carbocycles. The monoisotopic (exact) mass is 535 g/mol. The fourth-order valence-electron chi connectivity index (χ4n) is 3.65. The number of nitrogens with two attached hydrogens (primary N) is 1. The first-order valence-electron chi connectivity index (χ1n) is 10.5. The average molecular weight is 536 g/mol. The van der Waals surface area contributed by atoms with Gasteiger partial charge in [-0.3, -0.25) is 4.79 Å². The van der Waals surface area contributed by atoms with E-state index in [1.165, 1.54) is 46.8 Å². The van der Waals surface area contributed by atoms with Gasteiger partial charge in [-0.15, -0.1) is 0 Å². The molecule has 0 aromatic heterocycles. The van der Waals surface area contributed by atoms with Crippen LogP contribution in [0, 0.1) is 0 Å². The number of hydrogen-bond acceptors (Lipinski definition) is 6. The maximum atomic E-state index is 13.1. The average Bonchev–Trinajstić information content (AvgIpc) is 2.82. The van der Waals surface area contributed by atoms with Crippen molar-refractivity contribution in [1.29, 1.82) is 0 Å². The lowest BCUT2D eigenvalue weighted by molar-refractivity contribution is -0.118. The topological polar surface area (TPSA) is 136 Å². The van der Waals surface area contributed by atoms with E-state index in [0.29, 0.717) is 18.7 Å². The molecular formula is C23H22ClN3O6S2. The van der Waals surface area contributed by atoms with Crippen molar-refractivity contribution < 1.29 is 26.4 Å².